The number of benzene rings is 1. The number of cyclic esters (lactones) is 1. The van der Waals surface area contributed by atoms with Crippen molar-refractivity contribution >= 4 is 29.1 Å². The van der Waals surface area contributed by atoms with E-state index >= 15 is 0 Å². The van der Waals surface area contributed by atoms with E-state index in [1.165, 1.54) is 5.56 Å². The van der Waals surface area contributed by atoms with Gasteiger partial charge < -0.3 is 4.74 Å². The van der Waals surface area contributed by atoms with E-state index in [1.807, 2.05) is 41.8 Å². The first-order valence-electron chi connectivity index (χ1n) is 6.93. The van der Waals surface area contributed by atoms with Crippen LogP contribution < -0.4 is 0 Å². The lowest BCUT2D eigenvalue weighted by Gasteiger charge is -2.06. The van der Waals surface area contributed by atoms with E-state index in [1.54, 1.807) is 11.3 Å². The third-order valence-corrected chi connectivity index (χ3v) is 4.25. The van der Waals surface area contributed by atoms with Gasteiger partial charge in [-0.2, -0.15) is 0 Å². The van der Waals surface area contributed by atoms with E-state index in [4.69, 9.17) is 4.74 Å². The van der Waals surface area contributed by atoms with Crippen LogP contribution in [-0.4, -0.2) is 5.97 Å². The van der Waals surface area contributed by atoms with Crippen molar-refractivity contribution in [2.45, 2.75) is 19.8 Å². The summed E-state index contributed by atoms with van der Waals surface area (Å²) in [5.41, 5.74) is 2.81. The molecule has 0 aliphatic carbocycles. The third-order valence-electron chi connectivity index (χ3n) is 3.43. The molecule has 3 rings (SSSR count). The molecule has 1 aliphatic rings. The van der Waals surface area contributed by atoms with Crippen molar-refractivity contribution in [3.8, 4) is 0 Å². The van der Waals surface area contributed by atoms with Crippen LogP contribution in [0.3, 0.4) is 0 Å². The lowest BCUT2D eigenvalue weighted by atomic mass is 10.0. The maximum Gasteiger partial charge on any atom is 0.343 e. The molecule has 2 aromatic rings. The number of rotatable bonds is 3. The fourth-order valence-electron chi connectivity index (χ4n) is 2.19. The first-order valence-corrected chi connectivity index (χ1v) is 7.81. The second-order valence-corrected chi connectivity index (χ2v) is 6.27. The molecule has 2 heterocycles. The Kier molecular flexibility index (Phi) is 3.76. The Morgan fingerprint density at radius 2 is 1.90 bits per heavy atom. The molecule has 0 bridgehead atoms. The predicted octanol–water partition coefficient (Wildman–Crippen LogP) is 4.85. The highest BCUT2D eigenvalue weighted by Crippen LogP contribution is 2.29. The topological polar surface area (TPSA) is 26.3 Å². The Balaban J connectivity index is 1.88. The van der Waals surface area contributed by atoms with Gasteiger partial charge in [0.15, 0.2) is 0 Å². The van der Waals surface area contributed by atoms with Gasteiger partial charge in [0.2, 0.25) is 0 Å². The summed E-state index contributed by atoms with van der Waals surface area (Å²) in [5.74, 6) is 0.831. The van der Waals surface area contributed by atoms with Crippen molar-refractivity contribution in [2.24, 2.45) is 0 Å². The number of thiophene rings is 1. The fraction of sp³-hybridized carbons (Fsp3) is 0.167. The molecule has 2 nitrogen and oxygen atoms in total. The molecule has 0 fully saturated rings. The monoisotopic (exact) mass is 296 g/mol. The van der Waals surface area contributed by atoms with Gasteiger partial charge in [-0.15, -0.1) is 11.3 Å². The van der Waals surface area contributed by atoms with E-state index in [-0.39, 0.29) is 5.97 Å². The second kappa shape index (κ2) is 5.70. The van der Waals surface area contributed by atoms with Crippen LogP contribution in [0, 0.1) is 0 Å². The molecular weight excluding hydrogens is 280 g/mol. The Hall–Kier alpha value is -2.13. The van der Waals surface area contributed by atoms with Crippen molar-refractivity contribution in [3.05, 3.63) is 69.4 Å². The minimum absolute atomic E-state index is 0.286. The fourth-order valence-corrected chi connectivity index (χ4v) is 2.86. The van der Waals surface area contributed by atoms with Gasteiger partial charge in [-0.3, -0.25) is 0 Å². The average molecular weight is 296 g/mol. The molecule has 0 atom stereocenters. The van der Waals surface area contributed by atoms with E-state index < -0.39 is 0 Å². The van der Waals surface area contributed by atoms with Crippen molar-refractivity contribution in [3.63, 3.8) is 0 Å². The van der Waals surface area contributed by atoms with Gasteiger partial charge >= 0.3 is 5.97 Å². The van der Waals surface area contributed by atoms with E-state index in [9.17, 15) is 4.79 Å². The van der Waals surface area contributed by atoms with Crippen molar-refractivity contribution in [1.82, 2.24) is 0 Å². The highest BCUT2D eigenvalue weighted by Gasteiger charge is 2.22. The molecule has 0 amide bonds. The Morgan fingerprint density at radius 1 is 1.14 bits per heavy atom. The van der Waals surface area contributed by atoms with Crippen LogP contribution in [0.1, 0.15) is 35.8 Å². The smallest absolute Gasteiger partial charge is 0.343 e. The number of esters is 1. The number of ether oxygens (including phenoxy) is 1. The van der Waals surface area contributed by atoms with Gasteiger partial charge in [-0.25, -0.2) is 4.79 Å². The molecule has 0 radical (unpaired) electrons. The number of carbonyl (C=O) groups excluding carboxylic acids is 1. The number of hydrogen-bond acceptors (Lipinski definition) is 3. The molecule has 0 N–H and O–H groups in total. The molecule has 3 heteroatoms. The maximum absolute atomic E-state index is 11.9. The summed E-state index contributed by atoms with van der Waals surface area (Å²) in [6, 6.07) is 12.1. The Labute approximate surface area is 128 Å². The highest BCUT2D eigenvalue weighted by molar-refractivity contribution is 7.10. The first-order chi connectivity index (χ1) is 10.1. The van der Waals surface area contributed by atoms with Crippen LogP contribution in [0.15, 0.2) is 53.4 Å². The van der Waals surface area contributed by atoms with E-state index in [0.717, 1.165) is 10.4 Å². The largest absolute Gasteiger partial charge is 0.422 e. The van der Waals surface area contributed by atoms with Crippen molar-refractivity contribution in [2.75, 3.05) is 0 Å². The molecule has 0 unspecified atom stereocenters. The zero-order valence-corrected chi connectivity index (χ0v) is 12.8. The first kappa shape index (κ1) is 13.8. The summed E-state index contributed by atoms with van der Waals surface area (Å²) in [6.45, 7) is 4.32. The summed E-state index contributed by atoms with van der Waals surface area (Å²) < 4.78 is 5.37. The minimum Gasteiger partial charge on any atom is -0.422 e. The summed E-state index contributed by atoms with van der Waals surface area (Å²) in [6.07, 6.45) is 3.68. The summed E-state index contributed by atoms with van der Waals surface area (Å²) in [5, 5.41) is 1.99. The Bertz CT molecular complexity index is 704. The number of hydrogen-bond donors (Lipinski definition) is 0. The molecule has 1 aliphatic heterocycles. The van der Waals surface area contributed by atoms with Crippen LogP contribution in [0.4, 0.5) is 0 Å². The van der Waals surface area contributed by atoms with Crippen LogP contribution in [0.25, 0.3) is 11.8 Å². The SMILES string of the molecule is CC(C)c1ccc(C2=C/C(=C\c3cccs3)C(=O)O2)cc1. The molecule has 0 spiro atoms. The second-order valence-electron chi connectivity index (χ2n) is 5.29. The summed E-state index contributed by atoms with van der Waals surface area (Å²) in [7, 11) is 0. The quantitative estimate of drug-likeness (QED) is 0.597. The van der Waals surface area contributed by atoms with Crippen LogP contribution >= 0.6 is 11.3 Å². The lowest BCUT2D eigenvalue weighted by molar-refractivity contribution is -0.130. The molecule has 1 aromatic heterocycles. The molecule has 21 heavy (non-hydrogen) atoms. The van der Waals surface area contributed by atoms with Gasteiger partial charge in [0, 0.05) is 10.4 Å². The molecule has 0 saturated heterocycles. The highest BCUT2D eigenvalue weighted by atomic mass is 32.1. The van der Waals surface area contributed by atoms with Gasteiger partial charge in [-0.1, -0.05) is 44.2 Å². The standard InChI is InChI=1S/C18H16O2S/c1-12(2)13-5-7-14(8-6-13)17-11-15(18(19)20-17)10-16-4-3-9-21-16/h3-12H,1-2H3/b15-10+. The third kappa shape index (κ3) is 2.98. The van der Waals surface area contributed by atoms with Crippen LogP contribution in [0.2, 0.25) is 0 Å². The molecule has 1 aromatic carbocycles. The minimum atomic E-state index is -0.286. The molecule has 106 valence electrons. The predicted molar refractivity (Wildman–Crippen MR) is 86.9 cm³/mol. The van der Waals surface area contributed by atoms with Gasteiger partial charge in [0.05, 0.1) is 5.57 Å². The van der Waals surface area contributed by atoms with E-state index in [0.29, 0.717) is 17.3 Å². The summed E-state index contributed by atoms with van der Waals surface area (Å²) in [4.78, 5) is 13.0. The lowest BCUT2D eigenvalue weighted by Crippen LogP contribution is -1.97. The van der Waals surface area contributed by atoms with Gasteiger partial charge in [0.1, 0.15) is 5.76 Å². The summed E-state index contributed by atoms with van der Waals surface area (Å²) >= 11 is 1.60. The van der Waals surface area contributed by atoms with Crippen LogP contribution in [0.5, 0.6) is 0 Å². The maximum atomic E-state index is 11.9. The zero-order chi connectivity index (χ0) is 14.8. The number of carbonyl (C=O) groups is 1. The normalized spacial score (nSPS) is 16.4. The average Bonchev–Trinajstić information content (AvgIpc) is 3.10. The zero-order valence-electron chi connectivity index (χ0n) is 12.0. The molecular formula is C18H16O2S. The van der Waals surface area contributed by atoms with E-state index in [2.05, 4.69) is 26.0 Å². The molecule has 0 saturated carbocycles. The van der Waals surface area contributed by atoms with Crippen molar-refractivity contribution < 1.29 is 9.53 Å². The van der Waals surface area contributed by atoms with Gasteiger partial charge in [0.25, 0.3) is 0 Å². The van der Waals surface area contributed by atoms with Gasteiger partial charge in [-0.05, 0) is 35.1 Å². The van der Waals surface area contributed by atoms with Crippen molar-refractivity contribution in [1.29, 1.82) is 0 Å². The van der Waals surface area contributed by atoms with Crippen LogP contribution in [-0.2, 0) is 9.53 Å². The Morgan fingerprint density at radius 3 is 2.52 bits per heavy atom.